The highest BCUT2D eigenvalue weighted by Crippen LogP contribution is 2.31. The van der Waals surface area contributed by atoms with E-state index >= 15 is 0 Å². The summed E-state index contributed by atoms with van der Waals surface area (Å²) < 4.78 is 35.1. The molecule has 126 valence electrons. The number of nitrogens with zero attached hydrogens (tertiary/aromatic N) is 2. The van der Waals surface area contributed by atoms with Crippen LogP contribution < -0.4 is 9.46 Å². The van der Waals surface area contributed by atoms with Gasteiger partial charge in [0.25, 0.3) is 0 Å². The first-order valence-electron chi connectivity index (χ1n) is 7.18. The van der Waals surface area contributed by atoms with Crippen molar-refractivity contribution in [3.8, 4) is 5.75 Å². The van der Waals surface area contributed by atoms with Gasteiger partial charge in [-0.15, -0.1) is 0 Å². The molecule has 0 aliphatic rings. The van der Waals surface area contributed by atoms with Crippen LogP contribution in [-0.2, 0) is 17.1 Å². The van der Waals surface area contributed by atoms with Gasteiger partial charge in [-0.2, -0.15) is 5.10 Å². The largest absolute Gasteiger partial charge is 0.492 e. The van der Waals surface area contributed by atoms with E-state index in [1.807, 2.05) is 0 Å². The van der Waals surface area contributed by atoms with Crippen LogP contribution in [0.25, 0.3) is 0 Å². The summed E-state index contributed by atoms with van der Waals surface area (Å²) in [5, 5.41) is 4.43. The number of rotatable bonds is 6. The molecule has 0 aliphatic heterocycles. The van der Waals surface area contributed by atoms with Crippen molar-refractivity contribution >= 4 is 21.6 Å². The number of aromatic nitrogens is 2. The second-order valence-corrected chi connectivity index (χ2v) is 7.36. The predicted octanol–water partition coefficient (Wildman–Crippen LogP) is 2.82. The van der Waals surface area contributed by atoms with Crippen molar-refractivity contribution in [3.63, 3.8) is 0 Å². The third kappa shape index (κ3) is 4.04. The SMILES string of the molecule is CCOc1cc(C)c(Cl)cc1S(=O)(=O)NC(C)c1cnn(C)c1. The van der Waals surface area contributed by atoms with Crippen LogP contribution in [0.3, 0.4) is 0 Å². The standard InChI is InChI=1S/C15H20ClN3O3S/c1-5-22-14-6-10(2)13(16)7-15(14)23(20,21)18-11(3)12-8-17-19(4)9-12/h6-9,11,18H,5H2,1-4H3. The van der Waals surface area contributed by atoms with E-state index in [9.17, 15) is 8.42 Å². The number of benzene rings is 1. The monoisotopic (exact) mass is 357 g/mol. The van der Waals surface area contributed by atoms with Crippen LogP contribution in [-0.4, -0.2) is 24.8 Å². The van der Waals surface area contributed by atoms with Crippen LogP contribution in [0, 0.1) is 6.92 Å². The van der Waals surface area contributed by atoms with E-state index in [1.54, 1.807) is 51.0 Å². The Bertz CT molecular complexity index is 802. The lowest BCUT2D eigenvalue weighted by Crippen LogP contribution is -2.27. The molecular weight excluding hydrogens is 338 g/mol. The molecule has 2 rings (SSSR count). The fraction of sp³-hybridized carbons (Fsp3) is 0.400. The van der Waals surface area contributed by atoms with E-state index in [4.69, 9.17) is 16.3 Å². The summed E-state index contributed by atoms with van der Waals surface area (Å²) in [5.74, 6) is 0.292. The summed E-state index contributed by atoms with van der Waals surface area (Å²) in [7, 11) is -2.01. The lowest BCUT2D eigenvalue weighted by molar-refractivity contribution is 0.330. The molecule has 1 N–H and O–H groups in total. The van der Waals surface area contributed by atoms with Crippen molar-refractivity contribution in [1.82, 2.24) is 14.5 Å². The minimum Gasteiger partial charge on any atom is -0.492 e. The fourth-order valence-electron chi connectivity index (χ4n) is 2.14. The Morgan fingerprint density at radius 2 is 2.13 bits per heavy atom. The highest BCUT2D eigenvalue weighted by atomic mass is 35.5. The molecular formula is C15H20ClN3O3S. The van der Waals surface area contributed by atoms with Gasteiger partial charge in [-0.05, 0) is 38.5 Å². The van der Waals surface area contributed by atoms with E-state index in [2.05, 4.69) is 9.82 Å². The molecule has 1 atom stereocenters. The highest BCUT2D eigenvalue weighted by Gasteiger charge is 2.24. The Morgan fingerprint density at radius 3 is 2.70 bits per heavy atom. The number of sulfonamides is 1. The van der Waals surface area contributed by atoms with Crippen molar-refractivity contribution in [2.45, 2.75) is 31.7 Å². The van der Waals surface area contributed by atoms with Gasteiger partial charge in [0.05, 0.1) is 12.8 Å². The molecule has 1 aromatic heterocycles. The number of hydrogen-bond acceptors (Lipinski definition) is 4. The molecule has 23 heavy (non-hydrogen) atoms. The van der Waals surface area contributed by atoms with Gasteiger partial charge in [0.15, 0.2) is 0 Å². The molecule has 6 nitrogen and oxygen atoms in total. The van der Waals surface area contributed by atoms with Crippen molar-refractivity contribution in [3.05, 3.63) is 40.7 Å². The van der Waals surface area contributed by atoms with Crippen molar-refractivity contribution in [1.29, 1.82) is 0 Å². The summed E-state index contributed by atoms with van der Waals surface area (Å²) in [6.45, 7) is 5.71. The topological polar surface area (TPSA) is 73.2 Å². The zero-order valence-corrected chi connectivity index (χ0v) is 15.1. The van der Waals surface area contributed by atoms with Gasteiger partial charge < -0.3 is 4.74 Å². The normalized spacial score (nSPS) is 13.1. The Kier molecular flexibility index (Phi) is 5.33. The van der Waals surface area contributed by atoms with Crippen LogP contribution in [0.5, 0.6) is 5.75 Å². The van der Waals surface area contributed by atoms with Crippen LogP contribution in [0.1, 0.15) is 31.0 Å². The highest BCUT2D eigenvalue weighted by molar-refractivity contribution is 7.89. The van der Waals surface area contributed by atoms with Crippen LogP contribution >= 0.6 is 11.6 Å². The molecule has 2 aromatic rings. The second-order valence-electron chi connectivity index (χ2n) is 5.27. The van der Waals surface area contributed by atoms with Crippen molar-refractivity contribution in [2.75, 3.05) is 6.61 Å². The molecule has 0 amide bonds. The van der Waals surface area contributed by atoms with Gasteiger partial charge in [0.2, 0.25) is 10.0 Å². The molecule has 0 fully saturated rings. The van der Waals surface area contributed by atoms with Gasteiger partial charge >= 0.3 is 0 Å². The Hall–Kier alpha value is -1.57. The maximum Gasteiger partial charge on any atom is 0.244 e. The summed E-state index contributed by atoms with van der Waals surface area (Å²) in [6, 6.07) is 2.62. The molecule has 0 aliphatic carbocycles. The number of aryl methyl sites for hydroxylation is 2. The quantitative estimate of drug-likeness (QED) is 0.862. The number of hydrogen-bond donors (Lipinski definition) is 1. The van der Waals surface area contributed by atoms with Crippen LogP contribution in [0.15, 0.2) is 29.4 Å². The summed E-state index contributed by atoms with van der Waals surface area (Å²) >= 11 is 6.09. The zero-order valence-electron chi connectivity index (χ0n) is 13.5. The van der Waals surface area contributed by atoms with Gasteiger partial charge in [0.1, 0.15) is 10.6 Å². The Morgan fingerprint density at radius 1 is 1.43 bits per heavy atom. The molecule has 0 saturated heterocycles. The molecule has 1 aromatic carbocycles. The van der Waals surface area contributed by atoms with Crippen LogP contribution in [0.4, 0.5) is 0 Å². The number of nitrogens with one attached hydrogen (secondary N) is 1. The first-order chi connectivity index (χ1) is 10.7. The van der Waals surface area contributed by atoms with Gasteiger partial charge in [-0.3, -0.25) is 4.68 Å². The van der Waals surface area contributed by atoms with Gasteiger partial charge in [-0.1, -0.05) is 11.6 Å². The van der Waals surface area contributed by atoms with E-state index in [0.717, 1.165) is 11.1 Å². The molecule has 0 spiro atoms. The van der Waals surface area contributed by atoms with Crippen LogP contribution in [0.2, 0.25) is 5.02 Å². The van der Waals surface area contributed by atoms with E-state index in [1.165, 1.54) is 6.07 Å². The average molecular weight is 358 g/mol. The van der Waals surface area contributed by atoms with Crippen molar-refractivity contribution in [2.24, 2.45) is 7.05 Å². The first kappa shape index (κ1) is 17.8. The predicted molar refractivity (Wildman–Crippen MR) is 89.3 cm³/mol. The minimum atomic E-state index is -3.79. The fourth-order valence-corrected chi connectivity index (χ4v) is 3.76. The lowest BCUT2D eigenvalue weighted by atomic mass is 10.2. The summed E-state index contributed by atoms with van der Waals surface area (Å²) in [6.07, 6.45) is 3.39. The zero-order chi connectivity index (χ0) is 17.2. The summed E-state index contributed by atoms with van der Waals surface area (Å²) in [4.78, 5) is 0.0330. The molecule has 0 radical (unpaired) electrons. The van der Waals surface area contributed by atoms with E-state index < -0.39 is 16.1 Å². The number of ether oxygens (including phenoxy) is 1. The smallest absolute Gasteiger partial charge is 0.244 e. The van der Waals surface area contributed by atoms with E-state index in [-0.39, 0.29) is 4.90 Å². The molecule has 8 heteroatoms. The minimum absolute atomic E-state index is 0.0330. The number of halogens is 1. The second kappa shape index (κ2) is 6.90. The summed E-state index contributed by atoms with van der Waals surface area (Å²) in [5.41, 5.74) is 1.53. The molecule has 1 unspecified atom stereocenters. The van der Waals surface area contributed by atoms with Gasteiger partial charge in [-0.25, -0.2) is 13.1 Å². The molecule has 0 saturated carbocycles. The average Bonchev–Trinajstić information content (AvgIpc) is 2.89. The lowest BCUT2D eigenvalue weighted by Gasteiger charge is -2.16. The van der Waals surface area contributed by atoms with Crippen molar-refractivity contribution < 1.29 is 13.2 Å². The Labute approximate surface area is 141 Å². The van der Waals surface area contributed by atoms with Gasteiger partial charge in [0, 0.05) is 29.9 Å². The molecule has 0 bridgehead atoms. The maximum atomic E-state index is 12.7. The van der Waals surface area contributed by atoms with E-state index in [0.29, 0.717) is 17.4 Å². The first-order valence-corrected chi connectivity index (χ1v) is 9.04. The molecule has 1 heterocycles. The third-order valence-corrected chi connectivity index (χ3v) is 5.34. The third-order valence-electron chi connectivity index (χ3n) is 3.37. The Balaban J connectivity index is 2.37. The maximum absolute atomic E-state index is 12.7.